The molecule has 0 aliphatic carbocycles. The van der Waals surface area contributed by atoms with Crippen LogP contribution in [0.25, 0.3) is 0 Å². The minimum atomic E-state index is -0.689. The monoisotopic (exact) mass is 356 g/mol. The Bertz CT molecular complexity index is 781. The van der Waals surface area contributed by atoms with Crippen LogP contribution in [0.4, 0.5) is 0 Å². The first-order valence-corrected chi connectivity index (χ1v) is 9.01. The second kappa shape index (κ2) is 6.60. The minimum Gasteiger partial charge on any atom is -0.507 e. The molecule has 1 unspecified atom stereocenters. The fraction of sp³-hybridized carbons (Fsp3) is 0.455. The van der Waals surface area contributed by atoms with Gasteiger partial charge in [-0.2, -0.15) is 0 Å². The van der Waals surface area contributed by atoms with Gasteiger partial charge in [0.15, 0.2) is 5.79 Å². The van der Waals surface area contributed by atoms with Crippen LogP contribution in [-0.2, 0) is 9.47 Å². The first kappa shape index (κ1) is 18.7. The van der Waals surface area contributed by atoms with E-state index in [1.807, 2.05) is 65.8 Å². The van der Waals surface area contributed by atoms with Crippen molar-refractivity contribution in [2.45, 2.75) is 59.4 Å². The minimum absolute atomic E-state index is 0.243. The average molecular weight is 356 g/mol. The van der Waals surface area contributed by atoms with Crippen molar-refractivity contribution >= 4 is 0 Å². The van der Waals surface area contributed by atoms with E-state index >= 15 is 0 Å². The topological polar surface area (TPSA) is 58.9 Å². The first-order valence-electron chi connectivity index (χ1n) is 9.01. The van der Waals surface area contributed by atoms with Crippen LogP contribution in [0, 0.1) is 27.7 Å². The van der Waals surface area contributed by atoms with Gasteiger partial charge >= 0.3 is 0 Å². The lowest BCUT2D eigenvalue weighted by Gasteiger charge is -2.28. The molecule has 2 aromatic rings. The number of phenols is 2. The van der Waals surface area contributed by atoms with Crippen molar-refractivity contribution in [3.8, 4) is 11.5 Å². The van der Waals surface area contributed by atoms with Crippen LogP contribution in [-0.4, -0.2) is 28.7 Å². The summed E-state index contributed by atoms with van der Waals surface area (Å²) >= 11 is 0. The first-order chi connectivity index (χ1) is 12.1. The van der Waals surface area contributed by atoms with Crippen molar-refractivity contribution in [2.24, 2.45) is 0 Å². The molecule has 1 saturated heterocycles. The van der Waals surface area contributed by atoms with E-state index in [1.54, 1.807) is 0 Å². The third-order valence-corrected chi connectivity index (χ3v) is 5.02. The van der Waals surface area contributed by atoms with Gasteiger partial charge in [0, 0.05) is 17.0 Å². The van der Waals surface area contributed by atoms with Gasteiger partial charge in [-0.05, 0) is 52.7 Å². The Balaban J connectivity index is 2.22. The predicted octanol–water partition coefficient (Wildman–Crippen LogP) is 4.61. The van der Waals surface area contributed by atoms with Crippen molar-refractivity contribution in [1.82, 2.24) is 0 Å². The van der Waals surface area contributed by atoms with Gasteiger partial charge in [0.05, 0.1) is 12.7 Å². The summed E-state index contributed by atoms with van der Waals surface area (Å²) in [7, 11) is 0. The van der Waals surface area contributed by atoms with E-state index in [2.05, 4.69) is 0 Å². The number of aryl methyl sites for hydroxylation is 4. The second-order valence-electron chi connectivity index (χ2n) is 7.88. The quantitative estimate of drug-likeness (QED) is 0.843. The number of benzene rings is 2. The van der Waals surface area contributed by atoms with Crippen molar-refractivity contribution in [3.05, 3.63) is 57.6 Å². The third kappa shape index (κ3) is 3.44. The predicted molar refractivity (Wildman–Crippen MR) is 102 cm³/mol. The van der Waals surface area contributed by atoms with E-state index in [0.717, 1.165) is 33.4 Å². The normalized spacial score (nSPS) is 19.3. The molecule has 3 rings (SSSR count). The number of hydrogen-bond acceptors (Lipinski definition) is 4. The van der Waals surface area contributed by atoms with Crippen LogP contribution in [0.5, 0.6) is 11.5 Å². The molecule has 1 aliphatic rings. The van der Waals surface area contributed by atoms with Crippen LogP contribution in [0.2, 0.25) is 0 Å². The molecule has 0 aromatic heterocycles. The highest BCUT2D eigenvalue weighted by molar-refractivity contribution is 5.54. The number of phenolic OH excluding ortho intramolecular Hbond substituents is 2. The van der Waals surface area contributed by atoms with Gasteiger partial charge in [0.2, 0.25) is 0 Å². The highest BCUT2D eigenvalue weighted by Gasteiger charge is 2.41. The molecular formula is C22H28O4. The van der Waals surface area contributed by atoms with Crippen LogP contribution in [0.3, 0.4) is 0 Å². The van der Waals surface area contributed by atoms with Gasteiger partial charge in [-0.1, -0.05) is 35.4 Å². The molecule has 4 nitrogen and oxygen atoms in total. The molecule has 1 heterocycles. The Morgan fingerprint density at radius 1 is 0.885 bits per heavy atom. The highest BCUT2D eigenvalue weighted by atomic mass is 16.7. The van der Waals surface area contributed by atoms with E-state index in [9.17, 15) is 10.2 Å². The summed E-state index contributed by atoms with van der Waals surface area (Å²) in [6.45, 7) is 11.9. The molecule has 1 fully saturated rings. The molecular weight excluding hydrogens is 328 g/mol. The Morgan fingerprint density at radius 3 is 1.73 bits per heavy atom. The number of aromatic hydroxyl groups is 2. The lowest BCUT2D eigenvalue weighted by atomic mass is 9.82. The van der Waals surface area contributed by atoms with E-state index in [4.69, 9.17) is 9.47 Å². The number of hydrogen-bond donors (Lipinski definition) is 2. The van der Waals surface area contributed by atoms with Crippen LogP contribution < -0.4 is 0 Å². The molecule has 1 atom stereocenters. The van der Waals surface area contributed by atoms with Gasteiger partial charge in [-0.15, -0.1) is 0 Å². The van der Waals surface area contributed by atoms with Crippen molar-refractivity contribution in [3.63, 3.8) is 0 Å². The van der Waals surface area contributed by atoms with E-state index in [-0.39, 0.29) is 23.5 Å². The molecule has 140 valence electrons. The summed E-state index contributed by atoms with van der Waals surface area (Å²) in [6.07, 6.45) is -0.302. The van der Waals surface area contributed by atoms with E-state index in [1.165, 1.54) is 0 Å². The molecule has 0 bridgehead atoms. The Morgan fingerprint density at radius 2 is 1.35 bits per heavy atom. The standard InChI is InChI=1S/C22H28O4/c1-12-7-14(3)20(23)16(9-12)19(18-11-25-22(5,6)26-18)17-10-13(2)8-15(4)21(17)24/h7-10,18-19,23-24H,11H2,1-6H3. The van der Waals surface area contributed by atoms with E-state index in [0.29, 0.717) is 6.61 Å². The Labute approximate surface area is 155 Å². The summed E-state index contributed by atoms with van der Waals surface area (Å²) in [6, 6.07) is 7.85. The van der Waals surface area contributed by atoms with Crippen molar-refractivity contribution < 1.29 is 19.7 Å². The highest BCUT2D eigenvalue weighted by Crippen LogP contribution is 2.44. The lowest BCUT2D eigenvalue weighted by molar-refractivity contribution is -0.139. The maximum atomic E-state index is 10.8. The van der Waals surface area contributed by atoms with Crippen molar-refractivity contribution in [2.75, 3.05) is 6.61 Å². The molecule has 0 radical (unpaired) electrons. The summed E-state index contributed by atoms with van der Waals surface area (Å²) < 4.78 is 11.9. The largest absolute Gasteiger partial charge is 0.507 e. The average Bonchev–Trinajstić information content (AvgIpc) is 2.88. The summed E-state index contributed by atoms with van der Waals surface area (Å²) in [5.41, 5.74) is 5.26. The van der Waals surface area contributed by atoms with Crippen LogP contribution in [0.15, 0.2) is 24.3 Å². The van der Waals surface area contributed by atoms with Gasteiger partial charge in [-0.25, -0.2) is 0 Å². The maximum Gasteiger partial charge on any atom is 0.163 e. The fourth-order valence-corrected chi connectivity index (χ4v) is 3.91. The van der Waals surface area contributed by atoms with Gasteiger partial charge in [-0.3, -0.25) is 0 Å². The molecule has 0 saturated carbocycles. The molecule has 4 heteroatoms. The SMILES string of the molecule is Cc1cc(C)c(O)c(C(c2cc(C)cc(C)c2O)C2COC(C)(C)O2)c1. The third-order valence-electron chi connectivity index (χ3n) is 5.02. The summed E-state index contributed by atoms with van der Waals surface area (Å²) in [5, 5.41) is 21.6. The van der Waals surface area contributed by atoms with Gasteiger partial charge < -0.3 is 19.7 Å². The van der Waals surface area contributed by atoms with E-state index < -0.39 is 5.79 Å². The van der Waals surface area contributed by atoms with Crippen LogP contribution in [0.1, 0.15) is 53.1 Å². The summed E-state index contributed by atoms with van der Waals surface area (Å²) in [4.78, 5) is 0. The zero-order valence-corrected chi connectivity index (χ0v) is 16.4. The zero-order valence-electron chi connectivity index (χ0n) is 16.4. The van der Waals surface area contributed by atoms with Crippen molar-refractivity contribution in [1.29, 1.82) is 0 Å². The molecule has 26 heavy (non-hydrogen) atoms. The lowest BCUT2D eigenvalue weighted by Crippen LogP contribution is -2.26. The number of rotatable bonds is 3. The molecule has 2 aromatic carbocycles. The molecule has 0 spiro atoms. The Hall–Kier alpha value is -2.04. The molecule has 1 aliphatic heterocycles. The molecule has 0 amide bonds. The second-order valence-corrected chi connectivity index (χ2v) is 7.88. The fourth-order valence-electron chi connectivity index (χ4n) is 3.91. The maximum absolute atomic E-state index is 10.8. The smallest absolute Gasteiger partial charge is 0.163 e. The van der Waals surface area contributed by atoms with Gasteiger partial charge in [0.1, 0.15) is 11.5 Å². The zero-order chi connectivity index (χ0) is 19.2. The Kier molecular flexibility index (Phi) is 4.76. The van der Waals surface area contributed by atoms with Gasteiger partial charge in [0.25, 0.3) is 0 Å². The number of ether oxygens (including phenoxy) is 2. The molecule has 2 N–H and O–H groups in total. The van der Waals surface area contributed by atoms with Crippen LogP contribution >= 0.6 is 0 Å². The summed E-state index contributed by atoms with van der Waals surface area (Å²) in [5.74, 6) is -0.528.